The van der Waals surface area contributed by atoms with Crippen LogP contribution in [0.2, 0.25) is 0 Å². The van der Waals surface area contributed by atoms with Crippen LogP contribution in [0, 0.1) is 0 Å². The van der Waals surface area contributed by atoms with Crippen LogP contribution >= 0.6 is 0 Å². The maximum Gasteiger partial charge on any atom is 0.410 e. The first-order chi connectivity index (χ1) is 9.65. The molecular formula is C16H19NO3. The molecule has 1 amide bonds. The average molecular weight is 273 g/mol. The molecule has 20 heavy (non-hydrogen) atoms. The lowest BCUT2D eigenvalue weighted by Gasteiger charge is -2.17. The molecule has 1 aliphatic heterocycles. The summed E-state index contributed by atoms with van der Waals surface area (Å²) in [5.41, 5.74) is 2.44. The van der Waals surface area contributed by atoms with Crippen molar-refractivity contribution in [2.45, 2.75) is 32.4 Å². The highest BCUT2D eigenvalue weighted by Crippen LogP contribution is 2.29. The van der Waals surface area contributed by atoms with Gasteiger partial charge in [0.1, 0.15) is 12.4 Å². The van der Waals surface area contributed by atoms with Gasteiger partial charge in [-0.1, -0.05) is 24.3 Å². The molecule has 3 rings (SSSR count). The SMILES string of the molecule is CC(C)N1CC(COc2cccc3c2CC=C3)OC1=O. The molecule has 0 N–H and O–H groups in total. The van der Waals surface area contributed by atoms with Gasteiger partial charge in [0, 0.05) is 11.6 Å². The predicted octanol–water partition coefficient (Wildman–Crippen LogP) is 2.86. The first kappa shape index (κ1) is 13.0. The third-order valence-corrected chi connectivity index (χ3v) is 3.74. The van der Waals surface area contributed by atoms with E-state index in [1.165, 1.54) is 11.1 Å². The zero-order valence-electron chi connectivity index (χ0n) is 11.8. The molecule has 1 atom stereocenters. The third kappa shape index (κ3) is 2.38. The Kier molecular flexibility index (Phi) is 3.38. The van der Waals surface area contributed by atoms with Crippen molar-refractivity contribution in [3.05, 3.63) is 35.4 Å². The number of carbonyl (C=O) groups is 1. The molecule has 0 bridgehead atoms. The van der Waals surface area contributed by atoms with Gasteiger partial charge in [-0.25, -0.2) is 4.79 Å². The fourth-order valence-electron chi connectivity index (χ4n) is 2.63. The quantitative estimate of drug-likeness (QED) is 0.846. The normalized spacial score (nSPS) is 20.4. The van der Waals surface area contributed by atoms with E-state index >= 15 is 0 Å². The molecule has 0 saturated carbocycles. The second-order valence-corrected chi connectivity index (χ2v) is 5.49. The first-order valence-corrected chi connectivity index (χ1v) is 7.03. The van der Waals surface area contributed by atoms with Crippen molar-refractivity contribution >= 4 is 12.2 Å². The number of carbonyl (C=O) groups excluding carboxylic acids is 1. The van der Waals surface area contributed by atoms with E-state index in [1.54, 1.807) is 4.90 Å². The van der Waals surface area contributed by atoms with E-state index in [0.29, 0.717) is 13.2 Å². The Labute approximate surface area is 119 Å². The van der Waals surface area contributed by atoms with Gasteiger partial charge in [0.15, 0.2) is 6.10 Å². The molecule has 1 fully saturated rings. The Hall–Kier alpha value is -1.97. The highest BCUT2D eigenvalue weighted by molar-refractivity contribution is 5.70. The molecule has 1 saturated heterocycles. The van der Waals surface area contributed by atoms with E-state index in [0.717, 1.165) is 12.2 Å². The molecule has 1 unspecified atom stereocenters. The van der Waals surface area contributed by atoms with Crippen LogP contribution < -0.4 is 4.74 Å². The van der Waals surface area contributed by atoms with E-state index in [2.05, 4.69) is 18.2 Å². The van der Waals surface area contributed by atoms with Crippen LogP contribution in [0.15, 0.2) is 24.3 Å². The average Bonchev–Trinajstić information content (AvgIpc) is 3.02. The molecule has 4 heteroatoms. The number of fused-ring (bicyclic) bond motifs is 1. The maximum atomic E-state index is 11.7. The minimum atomic E-state index is -0.242. The molecule has 1 aromatic carbocycles. The zero-order valence-corrected chi connectivity index (χ0v) is 11.8. The Morgan fingerprint density at radius 1 is 1.45 bits per heavy atom. The summed E-state index contributed by atoms with van der Waals surface area (Å²) >= 11 is 0. The summed E-state index contributed by atoms with van der Waals surface area (Å²) in [6.45, 7) is 4.98. The summed E-state index contributed by atoms with van der Waals surface area (Å²) in [6.07, 6.45) is 4.73. The number of amides is 1. The van der Waals surface area contributed by atoms with Gasteiger partial charge in [-0.05, 0) is 31.9 Å². The minimum absolute atomic E-state index is 0.165. The first-order valence-electron chi connectivity index (χ1n) is 7.03. The standard InChI is InChI=1S/C16H19NO3/c1-11(2)17-9-13(20-16(17)18)10-19-15-8-4-6-12-5-3-7-14(12)15/h3-6,8,11,13H,7,9-10H2,1-2H3. The Bertz CT molecular complexity index is 551. The van der Waals surface area contributed by atoms with Crippen molar-refractivity contribution < 1.29 is 14.3 Å². The summed E-state index contributed by atoms with van der Waals surface area (Å²) < 4.78 is 11.2. The van der Waals surface area contributed by atoms with E-state index < -0.39 is 0 Å². The van der Waals surface area contributed by atoms with Gasteiger partial charge in [-0.15, -0.1) is 0 Å². The summed E-state index contributed by atoms with van der Waals surface area (Å²) in [4.78, 5) is 13.4. The van der Waals surface area contributed by atoms with Crippen LogP contribution in [0.5, 0.6) is 5.75 Å². The minimum Gasteiger partial charge on any atom is -0.489 e. The lowest BCUT2D eigenvalue weighted by Crippen LogP contribution is -2.32. The second kappa shape index (κ2) is 5.19. The second-order valence-electron chi connectivity index (χ2n) is 5.49. The van der Waals surface area contributed by atoms with Gasteiger partial charge in [-0.3, -0.25) is 0 Å². The summed E-state index contributed by atoms with van der Waals surface area (Å²) in [5.74, 6) is 0.895. The van der Waals surface area contributed by atoms with Crippen molar-refractivity contribution in [1.82, 2.24) is 4.90 Å². The number of hydrogen-bond acceptors (Lipinski definition) is 3. The number of cyclic esters (lactones) is 1. The van der Waals surface area contributed by atoms with E-state index in [1.807, 2.05) is 26.0 Å². The number of nitrogens with zero attached hydrogens (tertiary/aromatic N) is 1. The molecule has 1 aromatic rings. The summed E-state index contributed by atoms with van der Waals surface area (Å²) in [6, 6.07) is 6.22. The number of hydrogen-bond donors (Lipinski definition) is 0. The Balaban J connectivity index is 1.62. The van der Waals surface area contributed by atoms with E-state index in [4.69, 9.17) is 9.47 Å². The molecule has 4 nitrogen and oxygen atoms in total. The van der Waals surface area contributed by atoms with Gasteiger partial charge in [-0.2, -0.15) is 0 Å². The van der Waals surface area contributed by atoms with Crippen molar-refractivity contribution in [3.8, 4) is 5.75 Å². The maximum absolute atomic E-state index is 11.7. The highest BCUT2D eigenvalue weighted by atomic mass is 16.6. The van der Waals surface area contributed by atoms with Crippen LogP contribution in [0.3, 0.4) is 0 Å². The summed E-state index contributed by atoms with van der Waals surface area (Å²) in [7, 11) is 0. The molecule has 0 radical (unpaired) electrons. The lowest BCUT2D eigenvalue weighted by atomic mass is 10.1. The molecule has 1 aliphatic carbocycles. The Morgan fingerprint density at radius 2 is 2.30 bits per heavy atom. The molecule has 0 spiro atoms. The highest BCUT2D eigenvalue weighted by Gasteiger charge is 2.33. The van der Waals surface area contributed by atoms with E-state index in [-0.39, 0.29) is 18.2 Å². The van der Waals surface area contributed by atoms with Crippen LogP contribution in [-0.2, 0) is 11.2 Å². The number of rotatable bonds is 4. The zero-order chi connectivity index (χ0) is 14.1. The fraction of sp³-hybridized carbons (Fsp3) is 0.438. The van der Waals surface area contributed by atoms with Gasteiger partial charge >= 0.3 is 6.09 Å². The van der Waals surface area contributed by atoms with Gasteiger partial charge in [0.25, 0.3) is 0 Å². The smallest absolute Gasteiger partial charge is 0.410 e. The van der Waals surface area contributed by atoms with Crippen LogP contribution in [0.4, 0.5) is 4.79 Å². The van der Waals surface area contributed by atoms with E-state index in [9.17, 15) is 4.79 Å². The topological polar surface area (TPSA) is 38.8 Å². The summed E-state index contributed by atoms with van der Waals surface area (Å²) in [5, 5.41) is 0. The Morgan fingerprint density at radius 3 is 3.05 bits per heavy atom. The van der Waals surface area contributed by atoms with Crippen LogP contribution in [0.1, 0.15) is 25.0 Å². The van der Waals surface area contributed by atoms with Gasteiger partial charge < -0.3 is 14.4 Å². The molecule has 106 valence electrons. The van der Waals surface area contributed by atoms with Crippen molar-refractivity contribution in [2.75, 3.05) is 13.2 Å². The predicted molar refractivity (Wildman–Crippen MR) is 76.8 cm³/mol. The third-order valence-electron chi connectivity index (χ3n) is 3.74. The number of allylic oxidation sites excluding steroid dienone is 1. The fourth-order valence-corrected chi connectivity index (χ4v) is 2.63. The molecule has 1 heterocycles. The van der Waals surface area contributed by atoms with Crippen molar-refractivity contribution in [3.63, 3.8) is 0 Å². The molecule has 0 aromatic heterocycles. The van der Waals surface area contributed by atoms with Crippen LogP contribution in [0.25, 0.3) is 6.08 Å². The largest absolute Gasteiger partial charge is 0.489 e. The monoisotopic (exact) mass is 273 g/mol. The van der Waals surface area contributed by atoms with Gasteiger partial charge in [0.05, 0.1) is 6.54 Å². The number of ether oxygens (including phenoxy) is 2. The lowest BCUT2D eigenvalue weighted by molar-refractivity contribution is 0.102. The van der Waals surface area contributed by atoms with Crippen LogP contribution in [-0.4, -0.2) is 36.3 Å². The molecule has 2 aliphatic rings. The van der Waals surface area contributed by atoms with Crippen molar-refractivity contribution in [2.24, 2.45) is 0 Å². The van der Waals surface area contributed by atoms with Crippen molar-refractivity contribution in [1.29, 1.82) is 0 Å². The number of benzene rings is 1. The molecular weight excluding hydrogens is 254 g/mol. The van der Waals surface area contributed by atoms with Gasteiger partial charge in [0.2, 0.25) is 0 Å².